The SMILES string of the molecule is CC(C)=CCC/C(C)=C/CNCCCCCNCCN. The number of unbranched alkanes of at least 4 members (excludes halogenated alkanes) is 2. The van der Waals surface area contributed by atoms with Gasteiger partial charge in [-0.05, 0) is 59.5 Å². The van der Waals surface area contributed by atoms with Crippen molar-refractivity contribution in [2.45, 2.75) is 52.9 Å². The molecule has 0 aliphatic carbocycles. The zero-order valence-electron chi connectivity index (χ0n) is 13.8. The van der Waals surface area contributed by atoms with Gasteiger partial charge >= 0.3 is 0 Å². The number of allylic oxidation sites excluding steroid dienone is 3. The Labute approximate surface area is 126 Å². The monoisotopic (exact) mass is 281 g/mol. The topological polar surface area (TPSA) is 50.1 Å². The Balaban J connectivity index is 3.31. The first-order valence-electron chi connectivity index (χ1n) is 8.07. The first-order chi connectivity index (χ1) is 9.66. The number of nitrogens with two attached hydrogens (primary N) is 1. The highest BCUT2D eigenvalue weighted by atomic mass is 14.9. The molecule has 0 aliphatic heterocycles. The molecule has 0 heterocycles. The Morgan fingerprint density at radius 3 is 2.25 bits per heavy atom. The van der Waals surface area contributed by atoms with Crippen LogP contribution in [0.4, 0.5) is 0 Å². The molecular formula is C17H35N3. The zero-order chi connectivity index (χ0) is 15.1. The molecule has 0 bridgehead atoms. The summed E-state index contributed by atoms with van der Waals surface area (Å²) < 4.78 is 0. The van der Waals surface area contributed by atoms with E-state index >= 15 is 0 Å². The Hall–Kier alpha value is -0.640. The highest BCUT2D eigenvalue weighted by Crippen LogP contribution is 2.05. The molecule has 0 radical (unpaired) electrons. The standard InChI is InChI=1S/C17H35N3/c1-16(2)8-7-9-17(3)10-14-19-12-5-4-6-13-20-15-11-18/h8,10,19-20H,4-7,9,11-15,18H2,1-3H3/b17-10+. The quantitative estimate of drug-likeness (QED) is 0.359. The lowest BCUT2D eigenvalue weighted by Gasteiger charge is -2.04. The second-order valence-electron chi connectivity index (χ2n) is 5.67. The van der Waals surface area contributed by atoms with Gasteiger partial charge in [-0.1, -0.05) is 29.7 Å². The van der Waals surface area contributed by atoms with E-state index in [0.29, 0.717) is 0 Å². The Morgan fingerprint density at radius 2 is 1.60 bits per heavy atom. The van der Waals surface area contributed by atoms with Crippen LogP contribution in [0.2, 0.25) is 0 Å². The molecule has 118 valence electrons. The van der Waals surface area contributed by atoms with Crippen LogP contribution in [-0.2, 0) is 0 Å². The third-order valence-corrected chi connectivity index (χ3v) is 3.21. The van der Waals surface area contributed by atoms with E-state index in [1.807, 2.05) is 0 Å². The maximum Gasteiger partial charge on any atom is 0.0137 e. The molecule has 0 aliphatic rings. The van der Waals surface area contributed by atoms with E-state index in [1.54, 1.807) is 0 Å². The highest BCUT2D eigenvalue weighted by molar-refractivity contribution is 5.02. The average molecular weight is 281 g/mol. The Morgan fingerprint density at radius 1 is 0.900 bits per heavy atom. The van der Waals surface area contributed by atoms with Crippen LogP contribution in [0.3, 0.4) is 0 Å². The lowest BCUT2D eigenvalue weighted by Crippen LogP contribution is -2.23. The second-order valence-corrected chi connectivity index (χ2v) is 5.67. The smallest absolute Gasteiger partial charge is 0.0137 e. The van der Waals surface area contributed by atoms with Crippen molar-refractivity contribution >= 4 is 0 Å². The van der Waals surface area contributed by atoms with E-state index < -0.39 is 0 Å². The maximum atomic E-state index is 5.41. The van der Waals surface area contributed by atoms with Crippen molar-refractivity contribution < 1.29 is 0 Å². The summed E-state index contributed by atoms with van der Waals surface area (Å²) in [6.45, 7) is 11.4. The molecule has 0 aromatic rings. The van der Waals surface area contributed by atoms with Crippen molar-refractivity contribution in [1.82, 2.24) is 10.6 Å². The molecule has 0 amide bonds. The molecule has 0 aromatic carbocycles. The van der Waals surface area contributed by atoms with E-state index in [2.05, 4.69) is 43.6 Å². The van der Waals surface area contributed by atoms with Gasteiger partial charge in [-0.25, -0.2) is 0 Å². The van der Waals surface area contributed by atoms with Crippen LogP contribution >= 0.6 is 0 Å². The van der Waals surface area contributed by atoms with E-state index in [4.69, 9.17) is 5.73 Å². The molecule has 3 nitrogen and oxygen atoms in total. The molecule has 4 N–H and O–H groups in total. The normalized spacial score (nSPS) is 11.7. The van der Waals surface area contributed by atoms with Crippen LogP contribution in [0.5, 0.6) is 0 Å². The Kier molecular flexibility index (Phi) is 14.3. The molecule has 0 saturated carbocycles. The van der Waals surface area contributed by atoms with Gasteiger partial charge < -0.3 is 16.4 Å². The summed E-state index contributed by atoms with van der Waals surface area (Å²) in [7, 11) is 0. The van der Waals surface area contributed by atoms with E-state index in [1.165, 1.54) is 43.3 Å². The minimum absolute atomic E-state index is 0.737. The molecule has 0 rings (SSSR count). The van der Waals surface area contributed by atoms with Crippen molar-refractivity contribution in [2.75, 3.05) is 32.7 Å². The minimum Gasteiger partial charge on any atom is -0.329 e. The van der Waals surface area contributed by atoms with Crippen LogP contribution in [0.15, 0.2) is 23.3 Å². The number of hydrogen-bond acceptors (Lipinski definition) is 3. The minimum atomic E-state index is 0.737. The number of rotatable bonds is 13. The first-order valence-corrected chi connectivity index (χ1v) is 8.07. The summed E-state index contributed by atoms with van der Waals surface area (Å²) in [5, 5.41) is 6.81. The third-order valence-electron chi connectivity index (χ3n) is 3.21. The molecule has 0 atom stereocenters. The predicted octanol–water partition coefficient (Wildman–Crippen LogP) is 2.99. The summed E-state index contributed by atoms with van der Waals surface area (Å²) in [5.74, 6) is 0. The second kappa shape index (κ2) is 14.8. The molecule has 0 fully saturated rings. The van der Waals surface area contributed by atoms with Gasteiger partial charge in [0, 0.05) is 19.6 Å². The highest BCUT2D eigenvalue weighted by Gasteiger charge is 1.91. The fourth-order valence-corrected chi connectivity index (χ4v) is 1.94. The number of hydrogen-bond donors (Lipinski definition) is 3. The number of nitrogens with one attached hydrogen (secondary N) is 2. The summed E-state index contributed by atoms with van der Waals surface area (Å²) in [5.41, 5.74) is 8.31. The van der Waals surface area contributed by atoms with Gasteiger partial charge in [0.15, 0.2) is 0 Å². The van der Waals surface area contributed by atoms with Crippen molar-refractivity contribution in [3.05, 3.63) is 23.3 Å². The molecule has 3 heteroatoms. The van der Waals surface area contributed by atoms with Crippen LogP contribution in [0.25, 0.3) is 0 Å². The predicted molar refractivity (Wildman–Crippen MR) is 91.1 cm³/mol. The van der Waals surface area contributed by atoms with Gasteiger partial charge in [0.25, 0.3) is 0 Å². The fourth-order valence-electron chi connectivity index (χ4n) is 1.94. The molecule has 0 aromatic heterocycles. The zero-order valence-corrected chi connectivity index (χ0v) is 13.8. The van der Waals surface area contributed by atoms with Crippen LogP contribution in [0.1, 0.15) is 52.9 Å². The van der Waals surface area contributed by atoms with Gasteiger partial charge in [-0.3, -0.25) is 0 Å². The van der Waals surface area contributed by atoms with E-state index in [-0.39, 0.29) is 0 Å². The molecule has 0 unspecified atom stereocenters. The van der Waals surface area contributed by atoms with Crippen molar-refractivity contribution in [3.8, 4) is 0 Å². The molecule has 0 spiro atoms. The summed E-state index contributed by atoms with van der Waals surface area (Å²) in [4.78, 5) is 0. The summed E-state index contributed by atoms with van der Waals surface area (Å²) in [6.07, 6.45) is 10.8. The van der Waals surface area contributed by atoms with Gasteiger partial charge in [0.1, 0.15) is 0 Å². The lowest BCUT2D eigenvalue weighted by molar-refractivity contribution is 0.586. The molecule has 20 heavy (non-hydrogen) atoms. The third kappa shape index (κ3) is 15.4. The van der Waals surface area contributed by atoms with Crippen molar-refractivity contribution in [1.29, 1.82) is 0 Å². The van der Waals surface area contributed by atoms with E-state index in [9.17, 15) is 0 Å². The first kappa shape index (κ1) is 19.4. The maximum absolute atomic E-state index is 5.41. The van der Waals surface area contributed by atoms with Crippen molar-refractivity contribution in [3.63, 3.8) is 0 Å². The fraction of sp³-hybridized carbons (Fsp3) is 0.765. The average Bonchev–Trinajstić information content (AvgIpc) is 2.40. The van der Waals surface area contributed by atoms with Crippen LogP contribution in [0, 0.1) is 0 Å². The van der Waals surface area contributed by atoms with Crippen molar-refractivity contribution in [2.24, 2.45) is 5.73 Å². The van der Waals surface area contributed by atoms with Gasteiger partial charge in [-0.15, -0.1) is 0 Å². The summed E-state index contributed by atoms with van der Waals surface area (Å²) >= 11 is 0. The van der Waals surface area contributed by atoms with Crippen LogP contribution < -0.4 is 16.4 Å². The largest absolute Gasteiger partial charge is 0.329 e. The summed E-state index contributed by atoms with van der Waals surface area (Å²) in [6, 6.07) is 0. The lowest BCUT2D eigenvalue weighted by atomic mass is 10.1. The molecule has 0 saturated heterocycles. The van der Waals surface area contributed by atoms with Crippen LogP contribution in [-0.4, -0.2) is 32.7 Å². The van der Waals surface area contributed by atoms with E-state index in [0.717, 1.165) is 32.7 Å². The van der Waals surface area contributed by atoms with Gasteiger partial charge in [-0.2, -0.15) is 0 Å². The Bertz CT molecular complexity index is 265. The van der Waals surface area contributed by atoms with Gasteiger partial charge in [0.05, 0.1) is 0 Å². The molecular weight excluding hydrogens is 246 g/mol. The van der Waals surface area contributed by atoms with Gasteiger partial charge in [0.2, 0.25) is 0 Å².